The minimum Gasteiger partial charge on any atom is -0.404 e. The molecular formula is C15H22BrF3N2O3S. The lowest BCUT2D eigenvalue weighted by atomic mass is 10.3. The fourth-order valence-electron chi connectivity index (χ4n) is 2.28. The van der Waals surface area contributed by atoms with Crippen LogP contribution in [0.4, 0.5) is 13.2 Å². The van der Waals surface area contributed by atoms with E-state index in [-0.39, 0.29) is 17.6 Å². The fraction of sp³-hybridized carbons (Fsp3) is 0.600. The molecular weight excluding hydrogens is 425 g/mol. The average molecular weight is 447 g/mol. The van der Waals surface area contributed by atoms with Gasteiger partial charge in [-0.3, -0.25) is 0 Å². The summed E-state index contributed by atoms with van der Waals surface area (Å²) in [7, 11) is -4.12. The van der Waals surface area contributed by atoms with Gasteiger partial charge < -0.3 is 9.64 Å². The maximum atomic E-state index is 12.8. The number of hydrogen-bond donors (Lipinski definition) is 0. The maximum Gasteiger partial charge on any atom is 0.573 e. The largest absolute Gasteiger partial charge is 0.573 e. The highest BCUT2D eigenvalue weighted by Crippen LogP contribution is 2.33. The number of ether oxygens (including phenoxy) is 1. The molecule has 25 heavy (non-hydrogen) atoms. The second-order valence-electron chi connectivity index (χ2n) is 5.16. The lowest BCUT2D eigenvalue weighted by molar-refractivity contribution is -0.275. The van der Waals surface area contributed by atoms with Gasteiger partial charge in [0.1, 0.15) is 4.90 Å². The molecule has 0 aliphatic rings. The Hall–Kier alpha value is -0.840. The lowest BCUT2D eigenvalue weighted by Gasteiger charge is -2.25. The molecule has 0 N–H and O–H groups in total. The molecule has 0 aromatic heterocycles. The number of halogens is 4. The molecule has 0 aliphatic heterocycles. The van der Waals surface area contributed by atoms with E-state index in [1.165, 1.54) is 6.07 Å². The summed E-state index contributed by atoms with van der Waals surface area (Å²) in [4.78, 5) is 1.53. The molecule has 10 heteroatoms. The van der Waals surface area contributed by atoms with E-state index in [4.69, 9.17) is 0 Å². The van der Waals surface area contributed by atoms with Crippen molar-refractivity contribution in [3.05, 3.63) is 22.7 Å². The molecule has 0 spiro atoms. The van der Waals surface area contributed by atoms with Gasteiger partial charge in [-0.25, -0.2) is 8.42 Å². The van der Waals surface area contributed by atoms with Gasteiger partial charge in [-0.2, -0.15) is 4.31 Å². The number of alkyl halides is 3. The van der Waals surface area contributed by atoms with Crippen molar-refractivity contribution in [2.24, 2.45) is 0 Å². The van der Waals surface area contributed by atoms with Crippen LogP contribution in [-0.4, -0.2) is 56.7 Å². The Morgan fingerprint density at radius 2 is 1.68 bits per heavy atom. The van der Waals surface area contributed by atoms with E-state index in [9.17, 15) is 21.6 Å². The average Bonchev–Trinajstić information content (AvgIpc) is 2.49. The zero-order valence-corrected chi connectivity index (χ0v) is 16.7. The van der Waals surface area contributed by atoms with Gasteiger partial charge in [0.2, 0.25) is 10.0 Å². The third kappa shape index (κ3) is 6.43. The standard InChI is InChI=1S/C15H22BrF3N2O3S/c1-4-20(5-2)9-10-21(6-3)25(22,23)14-8-7-12(16)11-13(14)24-15(17,18)19/h7-8,11H,4-6,9-10H2,1-3H3. The van der Waals surface area contributed by atoms with Crippen molar-refractivity contribution >= 4 is 26.0 Å². The number of rotatable bonds is 9. The molecule has 0 saturated heterocycles. The molecule has 0 radical (unpaired) electrons. The van der Waals surface area contributed by atoms with E-state index < -0.39 is 27.0 Å². The first-order valence-electron chi connectivity index (χ1n) is 7.82. The van der Waals surface area contributed by atoms with E-state index in [0.717, 1.165) is 29.5 Å². The monoisotopic (exact) mass is 446 g/mol. The maximum absolute atomic E-state index is 12.8. The Labute approximate surface area is 154 Å². The van der Waals surface area contributed by atoms with E-state index in [1.54, 1.807) is 6.92 Å². The summed E-state index contributed by atoms with van der Waals surface area (Å²) in [6.07, 6.45) is -4.98. The van der Waals surface area contributed by atoms with Crippen LogP contribution in [0.5, 0.6) is 5.75 Å². The minimum absolute atomic E-state index is 0.144. The Morgan fingerprint density at radius 1 is 1.08 bits per heavy atom. The van der Waals surface area contributed by atoms with Crippen LogP contribution in [0.2, 0.25) is 0 Å². The normalized spacial score (nSPS) is 12.8. The van der Waals surface area contributed by atoms with Gasteiger partial charge in [-0.05, 0) is 31.3 Å². The predicted molar refractivity (Wildman–Crippen MR) is 93.0 cm³/mol. The van der Waals surface area contributed by atoms with Crippen LogP contribution in [0.1, 0.15) is 20.8 Å². The van der Waals surface area contributed by atoms with E-state index in [0.29, 0.717) is 6.54 Å². The Balaban J connectivity index is 3.18. The highest BCUT2D eigenvalue weighted by atomic mass is 79.9. The number of likely N-dealkylation sites (N-methyl/N-ethyl adjacent to an activating group) is 2. The molecule has 144 valence electrons. The van der Waals surface area contributed by atoms with Crippen molar-refractivity contribution in [3.8, 4) is 5.75 Å². The molecule has 0 aliphatic carbocycles. The zero-order valence-electron chi connectivity index (χ0n) is 14.3. The number of nitrogens with zero attached hydrogens (tertiary/aromatic N) is 2. The van der Waals surface area contributed by atoms with Gasteiger partial charge in [-0.1, -0.05) is 36.7 Å². The molecule has 1 aromatic carbocycles. The second-order valence-corrected chi connectivity index (χ2v) is 7.98. The van der Waals surface area contributed by atoms with Gasteiger partial charge >= 0.3 is 6.36 Å². The topological polar surface area (TPSA) is 49.9 Å². The first kappa shape index (κ1) is 22.2. The summed E-state index contributed by atoms with van der Waals surface area (Å²) in [5.41, 5.74) is 0. The highest BCUT2D eigenvalue weighted by Gasteiger charge is 2.35. The second kappa shape index (κ2) is 9.20. The van der Waals surface area contributed by atoms with Gasteiger partial charge in [0.05, 0.1) is 0 Å². The van der Waals surface area contributed by atoms with E-state index in [2.05, 4.69) is 20.7 Å². The minimum atomic E-state index is -4.98. The smallest absolute Gasteiger partial charge is 0.404 e. The van der Waals surface area contributed by atoms with E-state index in [1.807, 2.05) is 18.7 Å². The number of hydrogen-bond acceptors (Lipinski definition) is 4. The van der Waals surface area contributed by atoms with Crippen molar-refractivity contribution in [3.63, 3.8) is 0 Å². The quantitative estimate of drug-likeness (QED) is 0.580. The first-order chi connectivity index (χ1) is 11.5. The van der Waals surface area contributed by atoms with Crippen molar-refractivity contribution < 1.29 is 26.3 Å². The molecule has 0 fully saturated rings. The third-order valence-corrected chi connectivity index (χ3v) is 6.17. The van der Waals surface area contributed by atoms with Crippen LogP contribution in [0, 0.1) is 0 Å². The van der Waals surface area contributed by atoms with Gasteiger partial charge in [0.25, 0.3) is 0 Å². The molecule has 0 amide bonds. The summed E-state index contributed by atoms with van der Waals surface area (Å²) < 4.78 is 68.8. The van der Waals surface area contributed by atoms with Crippen LogP contribution >= 0.6 is 15.9 Å². The molecule has 0 heterocycles. The Kier molecular flexibility index (Phi) is 8.17. The predicted octanol–water partition coefficient (Wildman–Crippen LogP) is 3.70. The summed E-state index contributed by atoms with van der Waals surface area (Å²) in [6.45, 7) is 7.89. The SMILES string of the molecule is CCN(CC)CCN(CC)S(=O)(=O)c1ccc(Br)cc1OC(F)(F)F. The van der Waals surface area contributed by atoms with Crippen molar-refractivity contribution in [1.29, 1.82) is 0 Å². The molecule has 0 saturated carbocycles. The molecule has 0 unspecified atom stereocenters. The van der Waals surface area contributed by atoms with Crippen LogP contribution in [0.25, 0.3) is 0 Å². The van der Waals surface area contributed by atoms with Crippen LogP contribution in [0.15, 0.2) is 27.6 Å². The summed E-state index contributed by atoms with van der Waals surface area (Å²) >= 11 is 3.03. The third-order valence-electron chi connectivity index (χ3n) is 3.66. The summed E-state index contributed by atoms with van der Waals surface area (Å²) in [5.74, 6) is -0.747. The number of benzene rings is 1. The molecule has 1 aromatic rings. The van der Waals surface area contributed by atoms with Gasteiger partial charge in [-0.15, -0.1) is 13.2 Å². The fourth-order valence-corrected chi connectivity index (χ4v) is 4.15. The Bertz CT molecular complexity index is 664. The molecule has 5 nitrogen and oxygen atoms in total. The molecule has 1 rings (SSSR count). The van der Waals surface area contributed by atoms with Gasteiger partial charge in [0, 0.05) is 24.1 Å². The first-order valence-corrected chi connectivity index (χ1v) is 10.1. The summed E-state index contributed by atoms with van der Waals surface area (Å²) in [6, 6.07) is 3.48. The summed E-state index contributed by atoms with van der Waals surface area (Å²) in [5, 5.41) is 0. The van der Waals surface area contributed by atoms with Gasteiger partial charge in [0.15, 0.2) is 5.75 Å². The van der Waals surface area contributed by atoms with Crippen molar-refractivity contribution in [2.45, 2.75) is 32.0 Å². The van der Waals surface area contributed by atoms with Crippen molar-refractivity contribution in [2.75, 3.05) is 32.7 Å². The number of sulfonamides is 1. The van der Waals surface area contributed by atoms with Crippen molar-refractivity contribution in [1.82, 2.24) is 9.21 Å². The van der Waals surface area contributed by atoms with Crippen LogP contribution in [-0.2, 0) is 10.0 Å². The molecule has 0 bridgehead atoms. The zero-order chi connectivity index (χ0) is 19.3. The molecule has 0 atom stereocenters. The Morgan fingerprint density at radius 3 is 2.16 bits per heavy atom. The van der Waals surface area contributed by atoms with Crippen LogP contribution in [0.3, 0.4) is 0 Å². The van der Waals surface area contributed by atoms with Crippen LogP contribution < -0.4 is 4.74 Å². The van der Waals surface area contributed by atoms with E-state index >= 15 is 0 Å². The lowest BCUT2D eigenvalue weighted by Crippen LogP contribution is -2.38. The highest BCUT2D eigenvalue weighted by molar-refractivity contribution is 9.10.